The van der Waals surface area contributed by atoms with E-state index in [0.29, 0.717) is 23.7 Å². The molecule has 2 atom stereocenters. The lowest BCUT2D eigenvalue weighted by Crippen LogP contribution is -2.36. The van der Waals surface area contributed by atoms with Crippen LogP contribution in [-0.4, -0.2) is 68.7 Å². The predicted molar refractivity (Wildman–Crippen MR) is 94.4 cm³/mol. The third-order valence-electron chi connectivity index (χ3n) is 4.79. The number of aliphatic hydroxyl groups is 2. The Morgan fingerprint density at radius 2 is 2.12 bits per heavy atom. The Kier molecular flexibility index (Phi) is 5.21. The highest BCUT2D eigenvalue weighted by atomic mass is 16.5. The van der Waals surface area contributed by atoms with Crippen LogP contribution in [0.3, 0.4) is 0 Å². The fourth-order valence-corrected chi connectivity index (χ4v) is 3.04. The average molecular weight is 349 g/mol. The monoisotopic (exact) mass is 349 g/mol. The number of imidazole rings is 1. The standard InChI is InChI=1S/C17H27N5O3/c1-17(2,3)12-6-21(4-5-25-9-12)15-14-16(19-10-18-15)22(11-20-14)7-13(24)8-23/h10-13,23-24H,4-9H2,1-3H3/t12?,13-/m0/s1. The summed E-state index contributed by atoms with van der Waals surface area (Å²) >= 11 is 0. The molecule has 0 aromatic carbocycles. The largest absolute Gasteiger partial charge is 0.394 e. The van der Waals surface area contributed by atoms with Gasteiger partial charge in [-0.15, -0.1) is 0 Å². The summed E-state index contributed by atoms with van der Waals surface area (Å²) in [6, 6.07) is 0. The number of nitrogens with zero attached hydrogens (tertiary/aromatic N) is 5. The number of anilines is 1. The molecule has 1 aliphatic heterocycles. The smallest absolute Gasteiger partial charge is 0.165 e. The van der Waals surface area contributed by atoms with Gasteiger partial charge in [-0.05, 0) is 5.41 Å². The van der Waals surface area contributed by atoms with E-state index in [1.807, 2.05) is 0 Å². The van der Waals surface area contributed by atoms with Gasteiger partial charge in [0.05, 0.1) is 38.8 Å². The lowest BCUT2D eigenvalue weighted by atomic mass is 9.81. The second-order valence-electron chi connectivity index (χ2n) is 7.69. The summed E-state index contributed by atoms with van der Waals surface area (Å²) in [5, 5.41) is 18.8. The molecule has 0 bridgehead atoms. The van der Waals surface area contributed by atoms with Gasteiger partial charge < -0.3 is 24.4 Å². The van der Waals surface area contributed by atoms with Crippen molar-refractivity contribution < 1.29 is 14.9 Å². The Balaban J connectivity index is 1.92. The first-order chi connectivity index (χ1) is 11.9. The van der Waals surface area contributed by atoms with Crippen molar-refractivity contribution in [2.24, 2.45) is 11.3 Å². The van der Waals surface area contributed by atoms with Crippen molar-refractivity contribution >= 4 is 17.0 Å². The van der Waals surface area contributed by atoms with E-state index in [4.69, 9.17) is 9.84 Å². The summed E-state index contributed by atoms with van der Waals surface area (Å²) in [7, 11) is 0. The Labute approximate surface area is 147 Å². The van der Waals surface area contributed by atoms with Gasteiger partial charge in [-0.2, -0.15) is 0 Å². The molecular formula is C17H27N5O3. The van der Waals surface area contributed by atoms with Gasteiger partial charge in [0.1, 0.15) is 6.33 Å². The van der Waals surface area contributed by atoms with Crippen molar-refractivity contribution in [2.75, 3.05) is 37.8 Å². The molecule has 2 N–H and O–H groups in total. The summed E-state index contributed by atoms with van der Waals surface area (Å²) < 4.78 is 7.55. The van der Waals surface area contributed by atoms with Crippen LogP contribution in [-0.2, 0) is 11.3 Å². The molecule has 0 saturated carbocycles. The first-order valence-electron chi connectivity index (χ1n) is 8.67. The highest BCUT2D eigenvalue weighted by molar-refractivity contribution is 5.83. The quantitative estimate of drug-likeness (QED) is 0.838. The molecular weight excluding hydrogens is 322 g/mol. The van der Waals surface area contributed by atoms with Crippen molar-refractivity contribution in [1.29, 1.82) is 0 Å². The molecule has 8 heteroatoms. The third-order valence-corrected chi connectivity index (χ3v) is 4.79. The summed E-state index contributed by atoms with van der Waals surface area (Å²) in [6.07, 6.45) is 2.32. The molecule has 3 heterocycles. The molecule has 0 spiro atoms. The van der Waals surface area contributed by atoms with Crippen LogP contribution in [0.1, 0.15) is 20.8 Å². The Morgan fingerprint density at radius 1 is 1.32 bits per heavy atom. The zero-order chi connectivity index (χ0) is 18.0. The Hall–Kier alpha value is -1.77. The van der Waals surface area contributed by atoms with Gasteiger partial charge in [0.15, 0.2) is 17.0 Å². The summed E-state index contributed by atoms with van der Waals surface area (Å²) in [6.45, 7) is 9.63. The average Bonchev–Trinajstić information content (AvgIpc) is 2.81. The molecule has 2 aromatic heterocycles. The van der Waals surface area contributed by atoms with Crippen LogP contribution in [0.25, 0.3) is 11.2 Å². The number of ether oxygens (including phenoxy) is 1. The zero-order valence-corrected chi connectivity index (χ0v) is 15.1. The maximum atomic E-state index is 9.70. The van der Waals surface area contributed by atoms with E-state index in [1.54, 1.807) is 10.9 Å². The number of fused-ring (bicyclic) bond motifs is 1. The van der Waals surface area contributed by atoms with Crippen LogP contribution >= 0.6 is 0 Å². The first kappa shape index (κ1) is 18.0. The molecule has 0 radical (unpaired) electrons. The number of aromatic nitrogens is 4. The van der Waals surface area contributed by atoms with Gasteiger partial charge in [0.25, 0.3) is 0 Å². The second kappa shape index (κ2) is 7.23. The van der Waals surface area contributed by atoms with Gasteiger partial charge in [0, 0.05) is 19.0 Å². The lowest BCUT2D eigenvalue weighted by molar-refractivity contribution is 0.0798. The first-order valence-corrected chi connectivity index (χ1v) is 8.67. The van der Waals surface area contributed by atoms with E-state index in [1.165, 1.54) is 6.33 Å². The maximum absolute atomic E-state index is 9.70. The number of aliphatic hydroxyl groups excluding tert-OH is 2. The van der Waals surface area contributed by atoms with E-state index >= 15 is 0 Å². The van der Waals surface area contributed by atoms with Gasteiger partial charge in [-0.25, -0.2) is 15.0 Å². The number of hydrogen-bond acceptors (Lipinski definition) is 7. The minimum atomic E-state index is -0.840. The predicted octanol–water partition coefficient (Wildman–Crippen LogP) is 0.678. The Bertz CT molecular complexity index is 712. The van der Waals surface area contributed by atoms with E-state index in [2.05, 4.69) is 40.6 Å². The fourth-order valence-electron chi connectivity index (χ4n) is 3.04. The van der Waals surface area contributed by atoms with Crippen molar-refractivity contribution in [3.8, 4) is 0 Å². The lowest BCUT2D eigenvalue weighted by Gasteiger charge is -2.32. The van der Waals surface area contributed by atoms with Crippen LogP contribution in [0.4, 0.5) is 5.82 Å². The van der Waals surface area contributed by atoms with Gasteiger partial charge in [-0.1, -0.05) is 20.8 Å². The maximum Gasteiger partial charge on any atom is 0.165 e. The second-order valence-corrected chi connectivity index (χ2v) is 7.69. The molecule has 3 rings (SSSR count). The molecule has 25 heavy (non-hydrogen) atoms. The molecule has 1 saturated heterocycles. The highest BCUT2D eigenvalue weighted by Gasteiger charge is 2.30. The highest BCUT2D eigenvalue weighted by Crippen LogP contribution is 2.31. The topological polar surface area (TPSA) is 96.5 Å². The third kappa shape index (κ3) is 3.91. The molecule has 0 aliphatic carbocycles. The van der Waals surface area contributed by atoms with E-state index in [0.717, 1.165) is 25.5 Å². The van der Waals surface area contributed by atoms with Crippen molar-refractivity contribution in [2.45, 2.75) is 33.4 Å². The summed E-state index contributed by atoms with van der Waals surface area (Å²) in [5.41, 5.74) is 1.51. The molecule has 138 valence electrons. The molecule has 1 unspecified atom stereocenters. The number of hydrogen-bond donors (Lipinski definition) is 2. The minimum Gasteiger partial charge on any atom is -0.394 e. The van der Waals surface area contributed by atoms with Gasteiger partial charge in [0.2, 0.25) is 0 Å². The van der Waals surface area contributed by atoms with E-state index in [9.17, 15) is 5.11 Å². The van der Waals surface area contributed by atoms with Gasteiger partial charge in [-0.3, -0.25) is 0 Å². The van der Waals surface area contributed by atoms with Crippen LogP contribution in [0.5, 0.6) is 0 Å². The minimum absolute atomic E-state index is 0.138. The Morgan fingerprint density at radius 3 is 2.84 bits per heavy atom. The summed E-state index contributed by atoms with van der Waals surface area (Å²) in [4.78, 5) is 15.5. The number of rotatable bonds is 4. The van der Waals surface area contributed by atoms with Crippen molar-refractivity contribution in [3.63, 3.8) is 0 Å². The van der Waals surface area contributed by atoms with Crippen LogP contribution < -0.4 is 4.90 Å². The van der Waals surface area contributed by atoms with Crippen LogP contribution in [0.15, 0.2) is 12.7 Å². The van der Waals surface area contributed by atoms with Crippen molar-refractivity contribution in [3.05, 3.63) is 12.7 Å². The van der Waals surface area contributed by atoms with E-state index in [-0.39, 0.29) is 18.6 Å². The fraction of sp³-hybridized carbons (Fsp3) is 0.706. The molecule has 1 aliphatic rings. The molecule has 0 amide bonds. The molecule has 8 nitrogen and oxygen atoms in total. The van der Waals surface area contributed by atoms with Crippen molar-refractivity contribution in [1.82, 2.24) is 19.5 Å². The zero-order valence-electron chi connectivity index (χ0n) is 15.1. The van der Waals surface area contributed by atoms with Crippen LogP contribution in [0, 0.1) is 11.3 Å². The SMILES string of the molecule is CC(C)(C)C1COCCN(c2ncnc3c2ncn3C[C@H](O)CO)C1. The van der Waals surface area contributed by atoms with Crippen LogP contribution in [0.2, 0.25) is 0 Å². The van der Waals surface area contributed by atoms with E-state index < -0.39 is 6.10 Å². The molecule has 2 aromatic rings. The normalized spacial score (nSPS) is 20.7. The van der Waals surface area contributed by atoms with Gasteiger partial charge >= 0.3 is 0 Å². The molecule has 1 fully saturated rings. The summed E-state index contributed by atoms with van der Waals surface area (Å²) in [5.74, 6) is 1.18.